The molecule has 1 aromatic rings. The van der Waals surface area contributed by atoms with Gasteiger partial charge in [-0.15, -0.1) is 0 Å². The zero-order valence-electron chi connectivity index (χ0n) is 11.9. The lowest BCUT2D eigenvalue weighted by molar-refractivity contribution is -0.148. The van der Waals surface area contributed by atoms with Crippen LogP contribution in [0, 0.1) is 0 Å². The highest BCUT2D eigenvalue weighted by Crippen LogP contribution is 2.29. The van der Waals surface area contributed by atoms with Crippen molar-refractivity contribution in [2.75, 3.05) is 19.0 Å². The van der Waals surface area contributed by atoms with E-state index in [2.05, 4.69) is 10.6 Å². The number of hydrogen-bond acceptors (Lipinski definition) is 5. The van der Waals surface area contributed by atoms with Crippen molar-refractivity contribution in [1.29, 1.82) is 0 Å². The van der Waals surface area contributed by atoms with Gasteiger partial charge in [0.05, 0.1) is 18.7 Å². The molecule has 8 heteroatoms. The number of para-hydroxylation sites is 2. The number of methoxy groups -OCH3 is 1. The zero-order chi connectivity index (χ0) is 16.1. The number of hydrogen-bond donors (Lipinski definition) is 3. The van der Waals surface area contributed by atoms with Gasteiger partial charge in [-0.2, -0.15) is 0 Å². The minimum atomic E-state index is -1.18. The minimum absolute atomic E-state index is 0.185. The first kappa shape index (κ1) is 15.8. The molecule has 0 aromatic heterocycles. The third-order valence-corrected chi connectivity index (χ3v) is 3.12. The van der Waals surface area contributed by atoms with E-state index < -0.39 is 30.0 Å². The molecule has 118 valence electrons. The van der Waals surface area contributed by atoms with E-state index in [1.54, 1.807) is 24.3 Å². The van der Waals surface area contributed by atoms with Crippen LogP contribution in [0.1, 0.15) is 6.42 Å². The first-order valence-corrected chi connectivity index (χ1v) is 6.60. The number of carboxylic acids is 1. The van der Waals surface area contributed by atoms with Crippen molar-refractivity contribution in [3.05, 3.63) is 24.3 Å². The van der Waals surface area contributed by atoms with Crippen LogP contribution in [0.25, 0.3) is 0 Å². The average molecular weight is 308 g/mol. The van der Waals surface area contributed by atoms with Gasteiger partial charge in [0, 0.05) is 7.11 Å². The number of benzene rings is 1. The van der Waals surface area contributed by atoms with Crippen LogP contribution in [-0.2, 0) is 19.1 Å². The van der Waals surface area contributed by atoms with Gasteiger partial charge in [0.15, 0.2) is 12.2 Å². The predicted molar refractivity (Wildman–Crippen MR) is 75.5 cm³/mol. The van der Waals surface area contributed by atoms with Gasteiger partial charge >= 0.3 is 5.97 Å². The number of rotatable bonds is 6. The molecule has 2 amide bonds. The molecular formula is C14H16N2O6. The van der Waals surface area contributed by atoms with E-state index in [1.807, 2.05) is 0 Å². The average Bonchev–Trinajstić information content (AvgIpc) is 2.48. The highest BCUT2D eigenvalue weighted by molar-refractivity contribution is 5.99. The fraction of sp³-hybridized carbons (Fsp3) is 0.357. The molecule has 22 heavy (non-hydrogen) atoms. The van der Waals surface area contributed by atoms with Crippen LogP contribution >= 0.6 is 0 Å². The van der Waals surface area contributed by atoms with Gasteiger partial charge in [0.2, 0.25) is 5.91 Å². The summed E-state index contributed by atoms with van der Waals surface area (Å²) in [6.07, 6.45) is -2.30. The molecule has 0 saturated heterocycles. The summed E-state index contributed by atoms with van der Waals surface area (Å²) >= 11 is 0. The third kappa shape index (κ3) is 3.73. The molecule has 1 aliphatic heterocycles. The van der Waals surface area contributed by atoms with Crippen molar-refractivity contribution < 1.29 is 29.0 Å². The molecule has 2 unspecified atom stereocenters. The van der Waals surface area contributed by atoms with E-state index in [1.165, 1.54) is 7.11 Å². The van der Waals surface area contributed by atoms with Gasteiger partial charge in [0.1, 0.15) is 5.75 Å². The van der Waals surface area contributed by atoms with Gasteiger partial charge in [-0.05, 0) is 12.1 Å². The SMILES string of the molecule is COC(CNC(=O)CC1Oc2ccccc2NC1=O)C(=O)O. The predicted octanol–water partition coefficient (Wildman–Crippen LogP) is -0.00800. The molecule has 0 bridgehead atoms. The smallest absolute Gasteiger partial charge is 0.334 e. The van der Waals surface area contributed by atoms with Crippen LogP contribution in [0.4, 0.5) is 5.69 Å². The Morgan fingerprint density at radius 2 is 2.18 bits per heavy atom. The van der Waals surface area contributed by atoms with Gasteiger partial charge in [-0.3, -0.25) is 9.59 Å². The van der Waals surface area contributed by atoms with E-state index in [0.717, 1.165) is 0 Å². The van der Waals surface area contributed by atoms with Crippen molar-refractivity contribution in [3.8, 4) is 5.75 Å². The van der Waals surface area contributed by atoms with Crippen LogP contribution in [-0.4, -0.2) is 48.8 Å². The maximum Gasteiger partial charge on any atom is 0.334 e. The van der Waals surface area contributed by atoms with Crippen molar-refractivity contribution in [3.63, 3.8) is 0 Å². The molecular weight excluding hydrogens is 292 g/mol. The summed E-state index contributed by atoms with van der Waals surface area (Å²) in [4.78, 5) is 34.4. The lowest BCUT2D eigenvalue weighted by atomic mass is 10.1. The summed E-state index contributed by atoms with van der Waals surface area (Å²) < 4.78 is 10.2. The van der Waals surface area contributed by atoms with Gasteiger partial charge < -0.3 is 25.2 Å². The maximum atomic E-state index is 11.9. The van der Waals surface area contributed by atoms with Crippen molar-refractivity contribution >= 4 is 23.5 Å². The number of fused-ring (bicyclic) bond motifs is 1. The summed E-state index contributed by atoms with van der Waals surface area (Å²) in [5, 5.41) is 13.8. The Kier molecular flexibility index (Phi) is 4.95. The van der Waals surface area contributed by atoms with E-state index in [-0.39, 0.29) is 13.0 Å². The molecule has 3 N–H and O–H groups in total. The van der Waals surface area contributed by atoms with Crippen LogP contribution in [0.3, 0.4) is 0 Å². The summed E-state index contributed by atoms with van der Waals surface area (Å²) in [7, 11) is 1.24. The number of carbonyl (C=O) groups is 3. The van der Waals surface area contributed by atoms with Gasteiger partial charge in [-0.1, -0.05) is 12.1 Å². The first-order valence-electron chi connectivity index (χ1n) is 6.60. The summed E-state index contributed by atoms with van der Waals surface area (Å²) in [6.45, 7) is -0.185. The third-order valence-electron chi connectivity index (χ3n) is 3.12. The number of carbonyl (C=O) groups excluding carboxylic acids is 2. The van der Waals surface area contributed by atoms with Gasteiger partial charge in [-0.25, -0.2) is 4.79 Å². The minimum Gasteiger partial charge on any atom is -0.479 e. The maximum absolute atomic E-state index is 11.9. The number of amides is 2. The number of carboxylic acid groups (broad SMARTS) is 1. The quantitative estimate of drug-likeness (QED) is 0.681. The van der Waals surface area contributed by atoms with Crippen LogP contribution < -0.4 is 15.4 Å². The van der Waals surface area contributed by atoms with Crippen LogP contribution in [0.5, 0.6) is 5.75 Å². The molecule has 0 aliphatic carbocycles. The molecule has 0 saturated carbocycles. The van der Waals surface area contributed by atoms with Gasteiger partial charge in [0.25, 0.3) is 5.91 Å². The Morgan fingerprint density at radius 1 is 1.45 bits per heavy atom. The molecule has 8 nitrogen and oxygen atoms in total. The lowest BCUT2D eigenvalue weighted by Gasteiger charge is -2.25. The van der Waals surface area contributed by atoms with Crippen molar-refractivity contribution in [1.82, 2.24) is 5.32 Å². The lowest BCUT2D eigenvalue weighted by Crippen LogP contribution is -2.43. The Balaban J connectivity index is 1.90. The number of nitrogens with one attached hydrogen (secondary N) is 2. The van der Waals surface area contributed by atoms with E-state index >= 15 is 0 Å². The summed E-state index contributed by atoms with van der Waals surface area (Å²) in [5.41, 5.74) is 0.550. The molecule has 1 aromatic carbocycles. The summed E-state index contributed by atoms with van der Waals surface area (Å²) in [5.74, 6) is -1.61. The van der Waals surface area contributed by atoms with Crippen LogP contribution in [0.15, 0.2) is 24.3 Å². The van der Waals surface area contributed by atoms with E-state index in [0.29, 0.717) is 11.4 Å². The van der Waals surface area contributed by atoms with Crippen molar-refractivity contribution in [2.24, 2.45) is 0 Å². The monoisotopic (exact) mass is 308 g/mol. The Hall–Kier alpha value is -2.61. The molecule has 1 heterocycles. The fourth-order valence-corrected chi connectivity index (χ4v) is 1.95. The molecule has 0 radical (unpaired) electrons. The summed E-state index contributed by atoms with van der Waals surface area (Å²) in [6, 6.07) is 6.89. The van der Waals surface area contributed by atoms with Crippen molar-refractivity contribution in [2.45, 2.75) is 18.6 Å². The second-order valence-electron chi connectivity index (χ2n) is 4.66. The topological polar surface area (TPSA) is 114 Å². The zero-order valence-corrected chi connectivity index (χ0v) is 11.9. The molecule has 0 spiro atoms. The fourth-order valence-electron chi connectivity index (χ4n) is 1.95. The second-order valence-corrected chi connectivity index (χ2v) is 4.66. The normalized spacial score (nSPS) is 17.7. The van der Waals surface area contributed by atoms with E-state index in [9.17, 15) is 14.4 Å². The highest BCUT2D eigenvalue weighted by atomic mass is 16.5. The number of aliphatic carboxylic acids is 1. The molecule has 1 aliphatic rings. The number of anilines is 1. The molecule has 2 rings (SSSR count). The second kappa shape index (κ2) is 6.90. The standard InChI is InChI=1S/C14H16N2O6/c1-21-11(14(19)20)7-15-12(17)6-10-13(18)16-8-4-2-3-5-9(8)22-10/h2-5,10-11H,6-7H2,1H3,(H,15,17)(H,16,18)(H,19,20). The van der Waals surface area contributed by atoms with Crippen LogP contribution in [0.2, 0.25) is 0 Å². The first-order chi connectivity index (χ1) is 10.5. The Morgan fingerprint density at radius 3 is 2.86 bits per heavy atom. The molecule has 2 atom stereocenters. The Bertz CT molecular complexity index is 588. The highest BCUT2D eigenvalue weighted by Gasteiger charge is 2.29. The Labute approximate surface area is 126 Å². The molecule has 0 fully saturated rings. The van der Waals surface area contributed by atoms with E-state index in [4.69, 9.17) is 14.6 Å². The largest absolute Gasteiger partial charge is 0.479 e. The number of ether oxygens (including phenoxy) is 2.